The molecule has 6 heteroatoms. The number of anilines is 1. The molecule has 0 bridgehead atoms. The topological polar surface area (TPSA) is 65.4 Å². The molecule has 1 aromatic heterocycles. The smallest absolute Gasteiger partial charge is 0.258 e. The van der Waals surface area contributed by atoms with E-state index < -0.39 is 0 Å². The standard InChI is InChI=1S/C21H25N3O3/c1-4-13-24-17-10-8-7-9-16(17)22-21(24)23-20(25)15-11-12-18(26-5-2)19(14-15)27-6-3/h7-12,14H,4-6,13H2,1-3H3,(H,22,23,25). The van der Waals surface area contributed by atoms with Crippen molar-refractivity contribution in [3.05, 3.63) is 48.0 Å². The molecule has 0 aliphatic heterocycles. The first-order valence-electron chi connectivity index (χ1n) is 9.34. The summed E-state index contributed by atoms with van der Waals surface area (Å²) in [5, 5.41) is 2.94. The summed E-state index contributed by atoms with van der Waals surface area (Å²) in [6.07, 6.45) is 0.945. The van der Waals surface area contributed by atoms with Crippen molar-refractivity contribution in [2.75, 3.05) is 18.5 Å². The van der Waals surface area contributed by atoms with Gasteiger partial charge < -0.3 is 14.0 Å². The van der Waals surface area contributed by atoms with Crippen LogP contribution >= 0.6 is 0 Å². The molecule has 1 heterocycles. The number of carbonyl (C=O) groups excluding carboxylic acids is 1. The molecule has 0 fully saturated rings. The van der Waals surface area contributed by atoms with Gasteiger partial charge in [-0.2, -0.15) is 0 Å². The van der Waals surface area contributed by atoms with Crippen LogP contribution in [0.5, 0.6) is 11.5 Å². The summed E-state index contributed by atoms with van der Waals surface area (Å²) in [6, 6.07) is 13.1. The van der Waals surface area contributed by atoms with Crippen molar-refractivity contribution >= 4 is 22.9 Å². The highest BCUT2D eigenvalue weighted by Gasteiger charge is 2.16. The van der Waals surface area contributed by atoms with Crippen molar-refractivity contribution in [2.24, 2.45) is 0 Å². The second-order valence-corrected chi connectivity index (χ2v) is 6.06. The van der Waals surface area contributed by atoms with E-state index >= 15 is 0 Å². The van der Waals surface area contributed by atoms with Crippen LogP contribution in [0.15, 0.2) is 42.5 Å². The highest BCUT2D eigenvalue weighted by Crippen LogP contribution is 2.29. The van der Waals surface area contributed by atoms with E-state index in [9.17, 15) is 4.79 Å². The summed E-state index contributed by atoms with van der Waals surface area (Å²) in [5.74, 6) is 1.52. The van der Waals surface area contributed by atoms with Gasteiger partial charge in [0, 0.05) is 12.1 Å². The Hall–Kier alpha value is -3.02. The second-order valence-electron chi connectivity index (χ2n) is 6.06. The molecule has 1 N–H and O–H groups in total. The molecule has 0 aliphatic rings. The third kappa shape index (κ3) is 4.05. The fourth-order valence-electron chi connectivity index (χ4n) is 2.99. The Labute approximate surface area is 159 Å². The largest absolute Gasteiger partial charge is 0.490 e. The third-order valence-corrected chi connectivity index (χ3v) is 4.13. The number of fused-ring (bicyclic) bond motifs is 1. The molecule has 6 nitrogen and oxygen atoms in total. The number of carbonyl (C=O) groups is 1. The maximum Gasteiger partial charge on any atom is 0.258 e. The highest BCUT2D eigenvalue weighted by atomic mass is 16.5. The molecule has 0 aliphatic carbocycles. The Morgan fingerprint density at radius 1 is 1.04 bits per heavy atom. The molecule has 0 saturated carbocycles. The van der Waals surface area contributed by atoms with E-state index in [1.807, 2.05) is 42.7 Å². The zero-order valence-corrected chi connectivity index (χ0v) is 16.0. The fourth-order valence-corrected chi connectivity index (χ4v) is 2.99. The summed E-state index contributed by atoms with van der Waals surface area (Å²) in [7, 11) is 0. The Bertz CT molecular complexity index is 934. The van der Waals surface area contributed by atoms with Gasteiger partial charge in [-0.1, -0.05) is 19.1 Å². The number of para-hydroxylation sites is 2. The summed E-state index contributed by atoms with van der Waals surface area (Å²) < 4.78 is 13.2. The van der Waals surface area contributed by atoms with Gasteiger partial charge in [0.05, 0.1) is 24.2 Å². The lowest BCUT2D eigenvalue weighted by Gasteiger charge is -2.13. The molecule has 2 aromatic carbocycles. The van der Waals surface area contributed by atoms with Crippen LogP contribution in [0.1, 0.15) is 37.6 Å². The zero-order chi connectivity index (χ0) is 19.2. The quantitative estimate of drug-likeness (QED) is 0.637. The van der Waals surface area contributed by atoms with Crippen molar-refractivity contribution < 1.29 is 14.3 Å². The SMILES string of the molecule is CCCn1c(NC(=O)c2ccc(OCC)c(OCC)c2)nc2ccccc21. The number of imidazole rings is 1. The van der Waals surface area contributed by atoms with Gasteiger partial charge in [0.2, 0.25) is 5.95 Å². The number of aryl methyl sites for hydroxylation is 1. The number of aromatic nitrogens is 2. The minimum absolute atomic E-state index is 0.230. The number of nitrogens with one attached hydrogen (secondary N) is 1. The van der Waals surface area contributed by atoms with Crippen molar-refractivity contribution in [3.63, 3.8) is 0 Å². The molecule has 0 spiro atoms. The van der Waals surface area contributed by atoms with E-state index in [4.69, 9.17) is 9.47 Å². The summed E-state index contributed by atoms with van der Waals surface area (Å²) in [4.78, 5) is 17.4. The van der Waals surface area contributed by atoms with Crippen LogP contribution in [0.25, 0.3) is 11.0 Å². The number of hydrogen-bond acceptors (Lipinski definition) is 4. The highest BCUT2D eigenvalue weighted by molar-refractivity contribution is 6.04. The second kappa shape index (κ2) is 8.58. The van der Waals surface area contributed by atoms with Gasteiger partial charge >= 0.3 is 0 Å². The first kappa shape index (κ1) is 18.8. The lowest BCUT2D eigenvalue weighted by molar-refractivity contribution is 0.102. The molecular formula is C21H25N3O3. The molecular weight excluding hydrogens is 342 g/mol. The Morgan fingerprint density at radius 3 is 2.52 bits per heavy atom. The van der Waals surface area contributed by atoms with Gasteiger partial charge in [0.25, 0.3) is 5.91 Å². The van der Waals surface area contributed by atoms with Gasteiger partial charge in [-0.05, 0) is 50.6 Å². The lowest BCUT2D eigenvalue weighted by atomic mass is 10.2. The molecule has 3 rings (SSSR count). The minimum Gasteiger partial charge on any atom is -0.490 e. The van der Waals surface area contributed by atoms with Gasteiger partial charge in [-0.3, -0.25) is 10.1 Å². The normalized spacial score (nSPS) is 10.8. The van der Waals surface area contributed by atoms with E-state index in [-0.39, 0.29) is 5.91 Å². The molecule has 27 heavy (non-hydrogen) atoms. The Morgan fingerprint density at radius 2 is 1.78 bits per heavy atom. The van der Waals surface area contributed by atoms with Crippen LogP contribution in [0, 0.1) is 0 Å². The monoisotopic (exact) mass is 367 g/mol. The summed E-state index contributed by atoms with van der Waals surface area (Å²) in [5.41, 5.74) is 2.37. The number of rotatable bonds is 8. The molecule has 142 valence electrons. The van der Waals surface area contributed by atoms with E-state index in [0.717, 1.165) is 24.0 Å². The predicted octanol–water partition coefficient (Wildman–Crippen LogP) is 4.50. The van der Waals surface area contributed by atoms with Crippen molar-refractivity contribution in [3.8, 4) is 11.5 Å². The summed E-state index contributed by atoms with van der Waals surface area (Å²) >= 11 is 0. The maximum absolute atomic E-state index is 12.8. The molecule has 0 radical (unpaired) electrons. The number of benzene rings is 2. The number of nitrogens with zero attached hydrogens (tertiary/aromatic N) is 2. The Kier molecular flexibility index (Phi) is 5.96. The average Bonchev–Trinajstić information content (AvgIpc) is 3.01. The number of hydrogen-bond donors (Lipinski definition) is 1. The van der Waals surface area contributed by atoms with Crippen LogP contribution < -0.4 is 14.8 Å². The van der Waals surface area contributed by atoms with E-state index in [2.05, 4.69) is 17.2 Å². The molecule has 0 atom stereocenters. The molecule has 0 saturated heterocycles. The average molecular weight is 367 g/mol. The van der Waals surface area contributed by atoms with Gasteiger partial charge in [0.15, 0.2) is 11.5 Å². The van der Waals surface area contributed by atoms with Gasteiger partial charge in [-0.15, -0.1) is 0 Å². The van der Waals surface area contributed by atoms with E-state index in [0.29, 0.717) is 36.2 Å². The van der Waals surface area contributed by atoms with Crippen LogP contribution in [0.2, 0.25) is 0 Å². The van der Waals surface area contributed by atoms with Crippen molar-refractivity contribution in [1.29, 1.82) is 0 Å². The van der Waals surface area contributed by atoms with E-state index in [1.54, 1.807) is 18.2 Å². The molecule has 1 amide bonds. The first-order chi connectivity index (χ1) is 13.2. The zero-order valence-electron chi connectivity index (χ0n) is 16.0. The third-order valence-electron chi connectivity index (χ3n) is 4.13. The fraction of sp³-hybridized carbons (Fsp3) is 0.333. The van der Waals surface area contributed by atoms with E-state index in [1.165, 1.54) is 0 Å². The van der Waals surface area contributed by atoms with Crippen LogP contribution in [0.3, 0.4) is 0 Å². The first-order valence-corrected chi connectivity index (χ1v) is 9.34. The van der Waals surface area contributed by atoms with Crippen LogP contribution in [-0.2, 0) is 6.54 Å². The maximum atomic E-state index is 12.8. The van der Waals surface area contributed by atoms with Crippen LogP contribution in [0.4, 0.5) is 5.95 Å². The summed E-state index contributed by atoms with van der Waals surface area (Å²) in [6.45, 7) is 7.72. The predicted molar refractivity (Wildman–Crippen MR) is 107 cm³/mol. The minimum atomic E-state index is -0.230. The van der Waals surface area contributed by atoms with Gasteiger partial charge in [-0.25, -0.2) is 4.98 Å². The number of amides is 1. The molecule has 0 unspecified atom stereocenters. The van der Waals surface area contributed by atoms with Crippen LogP contribution in [-0.4, -0.2) is 28.7 Å². The molecule has 3 aromatic rings. The van der Waals surface area contributed by atoms with Crippen molar-refractivity contribution in [1.82, 2.24) is 9.55 Å². The van der Waals surface area contributed by atoms with Gasteiger partial charge in [0.1, 0.15) is 0 Å². The van der Waals surface area contributed by atoms with Crippen molar-refractivity contribution in [2.45, 2.75) is 33.7 Å². The Balaban J connectivity index is 1.90. The number of ether oxygens (including phenoxy) is 2. The lowest BCUT2D eigenvalue weighted by Crippen LogP contribution is -2.16.